The molecule has 0 aromatic rings. The number of nitrogens with one attached hydrogen (secondary N) is 1. The maximum Gasteiger partial charge on any atom is 0.328 e. The molecule has 62 valence electrons. The van der Waals surface area contributed by atoms with E-state index in [9.17, 15) is 9.59 Å². The molecule has 4 N–H and O–H groups in total. The molecule has 5 nitrogen and oxygen atoms in total. The van der Waals surface area contributed by atoms with Crippen LogP contribution in [0.1, 0.15) is 0 Å². The zero-order valence-electron chi connectivity index (χ0n) is 5.91. The van der Waals surface area contributed by atoms with Crippen LogP contribution in [-0.2, 0) is 9.59 Å². The standard InChI is InChI=1S/C6H10N2O3/c7-3-4-8-5(9)1-2-6(10)11/h1-2H,3-4,7H2,(H,8,9)(H,10,11)/b2-1-. The number of amides is 1. The van der Waals surface area contributed by atoms with Crippen molar-refractivity contribution in [2.45, 2.75) is 0 Å². The topological polar surface area (TPSA) is 92.4 Å². The highest BCUT2D eigenvalue weighted by Crippen LogP contribution is 1.72. The molecule has 0 atom stereocenters. The number of carboxylic acids is 1. The van der Waals surface area contributed by atoms with Gasteiger partial charge in [0, 0.05) is 25.2 Å². The number of hydrogen-bond donors (Lipinski definition) is 3. The van der Waals surface area contributed by atoms with Crippen molar-refractivity contribution in [3.63, 3.8) is 0 Å². The lowest BCUT2D eigenvalue weighted by Crippen LogP contribution is -2.27. The number of carbonyl (C=O) groups is 2. The van der Waals surface area contributed by atoms with Crippen LogP contribution in [0.25, 0.3) is 0 Å². The minimum absolute atomic E-state index is 0.340. The summed E-state index contributed by atoms with van der Waals surface area (Å²) in [7, 11) is 0. The van der Waals surface area contributed by atoms with E-state index in [1.807, 2.05) is 0 Å². The lowest BCUT2D eigenvalue weighted by Gasteiger charge is -1.95. The summed E-state index contributed by atoms with van der Waals surface area (Å²) in [6.07, 6.45) is 1.71. The molecule has 0 fully saturated rings. The summed E-state index contributed by atoms with van der Waals surface area (Å²) < 4.78 is 0. The van der Waals surface area contributed by atoms with Crippen LogP contribution in [0, 0.1) is 0 Å². The van der Waals surface area contributed by atoms with Gasteiger partial charge in [0.05, 0.1) is 0 Å². The van der Waals surface area contributed by atoms with Crippen molar-refractivity contribution in [3.05, 3.63) is 12.2 Å². The molecule has 0 spiro atoms. The molecular formula is C6H10N2O3. The highest BCUT2D eigenvalue weighted by Gasteiger charge is 1.93. The highest BCUT2D eigenvalue weighted by atomic mass is 16.4. The first-order valence-corrected chi connectivity index (χ1v) is 3.05. The molecule has 0 heterocycles. The number of nitrogens with two attached hydrogens (primary N) is 1. The van der Waals surface area contributed by atoms with Crippen molar-refractivity contribution in [2.24, 2.45) is 5.73 Å². The Kier molecular flexibility index (Phi) is 4.76. The van der Waals surface area contributed by atoms with Crippen LogP contribution >= 0.6 is 0 Å². The second kappa shape index (κ2) is 5.43. The molecule has 0 bridgehead atoms. The first-order chi connectivity index (χ1) is 5.16. The SMILES string of the molecule is NCCNC(=O)/C=C\C(=O)O. The fourth-order valence-electron chi connectivity index (χ4n) is 0.401. The van der Waals surface area contributed by atoms with Crippen molar-refractivity contribution < 1.29 is 14.7 Å². The molecular weight excluding hydrogens is 148 g/mol. The van der Waals surface area contributed by atoms with E-state index in [0.717, 1.165) is 12.2 Å². The number of aliphatic carboxylic acids is 1. The van der Waals surface area contributed by atoms with Gasteiger partial charge in [-0.15, -0.1) is 0 Å². The lowest BCUT2D eigenvalue weighted by molar-refractivity contribution is -0.131. The molecule has 0 aliphatic rings. The van der Waals surface area contributed by atoms with Crippen LogP contribution in [0.5, 0.6) is 0 Å². The molecule has 0 radical (unpaired) electrons. The Morgan fingerprint density at radius 3 is 2.55 bits per heavy atom. The molecule has 0 unspecified atom stereocenters. The smallest absolute Gasteiger partial charge is 0.328 e. The van der Waals surface area contributed by atoms with Gasteiger partial charge in [-0.2, -0.15) is 0 Å². The van der Waals surface area contributed by atoms with Gasteiger partial charge in [0.15, 0.2) is 0 Å². The van der Waals surface area contributed by atoms with E-state index in [4.69, 9.17) is 10.8 Å². The predicted molar refractivity (Wildman–Crippen MR) is 38.8 cm³/mol. The molecule has 11 heavy (non-hydrogen) atoms. The number of carbonyl (C=O) groups excluding carboxylic acids is 1. The number of rotatable bonds is 4. The van der Waals surface area contributed by atoms with Crippen LogP contribution < -0.4 is 11.1 Å². The second-order valence-corrected chi connectivity index (χ2v) is 1.75. The zero-order chi connectivity index (χ0) is 8.69. The van der Waals surface area contributed by atoms with E-state index in [-0.39, 0.29) is 0 Å². The normalized spacial score (nSPS) is 9.91. The van der Waals surface area contributed by atoms with Gasteiger partial charge in [0.25, 0.3) is 0 Å². The molecule has 0 aliphatic carbocycles. The Balaban J connectivity index is 3.60. The van der Waals surface area contributed by atoms with Crippen LogP contribution in [0.4, 0.5) is 0 Å². The van der Waals surface area contributed by atoms with Crippen molar-refractivity contribution in [1.82, 2.24) is 5.32 Å². The van der Waals surface area contributed by atoms with Gasteiger partial charge < -0.3 is 16.2 Å². The van der Waals surface area contributed by atoms with Crippen LogP contribution in [0.15, 0.2) is 12.2 Å². The zero-order valence-corrected chi connectivity index (χ0v) is 5.91. The summed E-state index contributed by atoms with van der Waals surface area (Å²) in [5.41, 5.74) is 5.08. The van der Waals surface area contributed by atoms with Gasteiger partial charge in [0.2, 0.25) is 5.91 Å². The van der Waals surface area contributed by atoms with Crippen molar-refractivity contribution in [2.75, 3.05) is 13.1 Å². The fourth-order valence-corrected chi connectivity index (χ4v) is 0.401. The average molecular weight is 158 g/mol. The third kappa shape index (κ3) is 6.53. The van der Waals surface area contributed by atoms with E-state index in [1.165, 1.54) is 0 Å². The molecule has 5 heteroatoms. The monoisotopic (exact) mass is 158 g/mol. The van der Waals surface area contributed by atoms with Gasteiger partial charge in [-0.1, -0.05) is 0 Å². The summed E-state index contributed by atoms with van der Waals surface area (Å²) in [5, 5.41) is 10.5. The minimum Gasteiger partial charge on any atom is -0.478 e. The summed E-state index contributed by atoms with van der Waals surface area (Å²) in [6, 6.07) is 0. The summed E-state index contributed by atoms with van der Waals surface area (Å²) >= 11 is 0. The maximum atomic E-state index is 10.6. The van der Waals surface area contributed by atoms with Crippen molar-refractivity contribution in [3.8, 4) is 0 Å². The van der Waals surface area contributed by atoms with Crippen LogP contribution in [0.2, 0.25) is 0 Å². The van der Waals surface area contributed by atoms with Crippen molar-refractivity contribution >= 4 is 11.9 Å². The van der Waals surface area contributed by atoms with Crippen molar-refractivity contribution in [1.29, 1.82) is 0 Å². The summed E-state index contributed by atoms with van der Waals surface area (Å²) in [5.74, 6) is -1.59. The number of hydrogen-bond acceptors (Lipinski definition) is 3. The lowest BCUT2D eigenvalue weighted by atomic mass is 10.4. The Hall–Kier alpha value is -1.36. The fraction of sp³-hybridized carbons (Fsp3) is 0.333. The minimum atomic E-state index is -1.15. The van der Waals surface area contributed by atoms with E-state index < -0.39 is 11.9 Å². The first kappa shape index (κ1) is 9.64. The van der Waals surface area contributed by atoms with E-state index in [2.05, 4.69) is 5.32 Å². The summed E-state index contributed by atoms with van der Waals surface area (Å²) in [6.45, 7) is 0.690. The van der Waals surface area contributed by atoms with E-state index in [0.29, 0.717) is 13.1 Å². The third-order valence-corrected chi connectivity index (χ3v) is 0.821. The molecule has 0 aromatic carbocycles. The average Bonchev–Trinajstić information content (AvgIpc) is 1.97. The van der Waals surface area contributed by atoms with E-state index >= 15 is 0 Å². The molecule has 0 saturated carbocycles. The molecule has 0 rings (SSSR count). The maximum absolute atomic E-state index is 10.6. The quantitative estimate of drug-likeness (QED) is 0.443. The largest absolute Gasteiger partial charge is 0.478 e. The Bertz CT molecular complexity index is 177. The Morgan fingerprint density at radius 1 is 1.45 bits per heavy atom. The first-order valence-electron chi connectivity index (χ1n) is 3.05. The predicted octanol–water partition coefficient (Wildman–Crippen LogP) is -1.30. The van der Waals surface area contributed by atoms with Gasteiger partial charge in [-0.3, -0.25) is 4.79 Å². The van der Waals surface area contributed by atoms with Crippen LogP contribution in [0.3, 0.4) is 0 Å². The molecule has 1 amide bonds. The molecule has 0 saturated heterocycles. The number of carboxylic acid groups (broad SMARTS) is 1. The van der Waals surface area contributed by atoms with E-state index in [1.54, 1.807) is 0 Å². The van der Waals surface area contributed by atoms with Gasteiger partial charge in [-0.05, 0) is 0 Å². The van der Waals surface area contributed by atoms with Crippen LogP contribution in [-0.4, -0.2) is 30.1 Å². The highest BCUT2D eigenvalue weighted by molar-refractivity contribution is 5.93. The molecule has 0 aromatic heterocycles. The second-order valence-electron chi connectivity index (χ2n) is 1.75. The van der Waals surface area contributed by atoms with Gasteiger partial charge in [0.1, 0.15) is 0 Å². The van der Waals surface area contributed by atoms with Gasteiger partial charge >= 0.3 is 5.97 Å². The Labute approximate surface area is 63.9 Å². The third-order valence-electron chi connectivity index (χ3n) is 0.821. The van der Waals surface area contributed by atoms with Gasteiger partial charge in [-0.25, -0.2) is 4.79 Å². The summed E-state index contributed by atoms with van der Waals surface area (Å²) in [4.78, 5) is 20.5. The molecule has 0 aliphatic heterocycles. The Morgan fingerprint density at radius 2 is 2.09 bits per heavy atom.